The number of para-hydroxylation sites is 5. The van der Waals surface area contributed by atoms with E-state index in [4.69, 9.17) is 10.8 Å². The van der Waals surface area contributed by atoms with Gasteiger partial charge < -0.3 is 23.0 Å². The van der Waals surface area contributed by atoms with Crippen LogP contribution < -0.4 is 4.90 Å². The van der Waals surface area contributed by atoms with Crippen LogP contribution in [-0.2, 0) is 0 Å². The van der Waals surface area contributed by atoms with E-state index in [1.165, 1.54) is 10.8 Å². The Balaban J connectivity index is 1.000. The van der Waals surface area contributed by atoms with Crippen molar-refractivity contribution in [3.63, 3.8) is 0 Å². The van der Waals surface area contributed by atoms with Crippen molar-refractivity contribution in [3.05, 3.63) is 234 Å². The number of furan rings is 1. The van der Waals surface area contributed by atoms with Crippen LogP contribution in [0.5, 0.6) is 0 Å². The third kappa shape index (κ3) is 6.43. The lowest BCUT2D eigenvalue weighted by atomic mass is 10.1. The van der Waals surface area contributed by atoms with Crippen LogP contribution in [0, 0.1) is 35.0 Å². The molecule has 5 heterocycles. The Morgan fingerprint density at radius 2 is 1.05 bits per heavy atom. The SMILES string of the molecule is C#Cc1sc2cc3c(cc2c1/C=C\C)c1cc(N(c2ccccc2)c2ccccc2)ccc1n3-c1cc(C#N)c(-n2c3ccc(-n4c5ccccc5c5ccccc54)cc3c3c4oc5ccccc5c4ccc32)cc1C#N. The third-order valence-electron chi connectivity index (χ3n) is 15.3. The molecule has 5 aromatic heterocycles. The van der Waals surface area contributed by atoms with E-state index in [1.807, 2.05) is 55.5 Å². The van der Waals surface area contributed by atoms with Crippen LogP contribution in [-0.4, -0.2) is 13.7 Å². The highest BCUT2D eigenvalue weighted by Gasteiger charge is 2.26. The van der Waals surface area contributed by atoms with Gasteiger partial charge in [-0.05, 0) is 122 Å². The molecule has 0 spiro atoms. The molecule has 358 valence electrons. The van der Waals surface area contributed by atoms with Gasteiger partial charge in [0.1, 0.15) is 23.3 Å². The normalized spacial score (nSPS) is 11.9. The van der Waals surface area contributed by atoms with Gasteiger partial charge in [0.15, 0.2) is 0 Å². The Morgan fingerprint density at radius 3 is 1.71 bits per heavy atom. The van der Waals surface area contributed by atoms with E-state index in [2.05, 4.69) is 207 Å². The molecule has 0 aliphatic carbocycles. The number of rotatable bonds is 7. The molecule has 0 fully saturated rings. The quantitative estimate of drug-likeness (QED) is 0.149. The molecule has 0 bridgehead atoms. The first-order valence-corrected chi connectivity index (χ1v) is 26.3. The predicted molar refractivity (Wildman–Crippen MR) is 319 cm³/mol. The maximum atomic E-state index is 11.5. The fourth-order valence-corrected chi connectivity index (χ4v) is 13.1. The average Bonchev–Trinajstić information content (AvgIpc) is 4.49. The zero-order chi connectivity index (χ0) is 51.5. The number of hydrogen-bond acceptors (Lipinski definition) is 5. The maximum Gasteiger partial charge on any atom is 0.145 e. The number of anilines is 3. The largest absolute Gasteiger partial charge is 0.455 e. The first-order valence-electron chi connectivity index (χ1n) is 25.4. The monoisotopic (exact) mass is 1000 g/mol. The lowest BCUT2D eigenvalue weighted by molar-refractivity contribution is 0.673. The zero-order valence-electron chi connectivity index (χ0n) is 41.4. The number of allylic oxidation sites excluding steroid dienone is 1. The van der Waals surface area contributed by atoms with Gasteiger partial charge in [0, 0.05) is 76.1 Å². The van der Waals surface area contributed by atoms with E-state index in [0.29, 0.717) is 22.5 Å². The zero-order valence-corrected chi connectivity index (χ0v) is 42.2. The summed E-state index contributed by atoms with van der Waals surface area (Å²) in [5, 5.41) is 32.2. The number of hydrogen-bond donors (Lipinski definition) is 0. The van der Waals surface area contributed by atoms with Crippen molar-refractivity contribution in [3.8, 4) is 41.5 Å². The summed E-state index contributed by atoms with van der Waals surface area (Å²) < 4.78 is 14.5. The van der Waals surface area contributed by atoms with Crippen molar-refractivity contribution >= 4 is 132 Å². The Hall–Kier alpha value is -10.6. The molecule has 0 aliphatic rings. The van der Waals surface area contributed by atoms with Crippen LogP contribution in [0.4, 0.5) is 17.1 Å². The summed E-state index contributed by atoms with van der Waals surface area (Å²) in [5.41, 5.74) is 14.3. The van der Waals surface area contributed by atoms with Crippen molar-refractivity contribution in [2.24, 2.45) is 0 Å². The summed E-state index contributed by atoms with van der Waals surface area (Å²) in [6, 6.07) is 76.6. The molecule has 0 N–H and O–H groups in total. The number of benzene rings is 10. The summed E-state index contributed by atoms with van der Waals surface area (Å²) in [4.78, 5) is 3.11. The lowest BCUT2D eigenvalue weighted by Gasteiger charge is -2.25. The molecular formula is C69H40N6OS. The number of thiophene rings is 1. The van der Waals surface area contributed by atoms with Crippen LogP contribution >= 0.6 is 11.3 Å². The minimum atomic E-state index is 0.405. The van der Waals surface area contributed by atoms with Gasteiger partial charge in [-0.3, -0.25) is 0 Å². The predicted octanol–water partition coefficient (Wildman–Crippen LogP) is 18.3. The fraction of sp³-hybridized carbons (Fsp3) is 0.0145. The molecule has 0 radical (unpaired) electrons. The number of fused-ring (bicyclic) bond motifs is 14. The summed E-state index contributed by atoms with van der Waals surface area (Å²) in [6.07, 6.45) is 10.3. The highest BCUT2D eigenvalue weighted by molar-refractivity contribution is 7.20. The molecule has 77 heavy (non-hydrogen) atoms. The van der Waals surface area contributed by atoms with Crippen LogP contribution in [0.1, 0.15) is 28.5 Å². The van der Waals surface area contributed by atoms with Gasteiger partial charge in [0.05, 0.1) is 65.9 Å². The van der Waals surface area contributed by atoms with E-state index < -0.39 is 0 Å². The molecule has 0 saturated carbocycles. The van der Waals surface area contributed by atoms with Gasteiger partial charge in [-0.2, -0.15) is 10.5 Å². The molecule has 0 saturated heterocycles. The van der Waals surface area contributed by atoms with Crippen molar-refractivity contribution < 1.29 is 4.42 Å². The molecule has 15 aromatic rings. The second kappa shape index (κ2) is 17.0. The average molecular weight is 1000 g/mol. The number of aromatic nitrogens is 3. The molecule has 0 amide bonds. The molecule has 0 unspecified atom stereocenters. The van der Waals surface area contributed by atoms with Gasteiger partial charge in [-0.1, -0.05) is 109 Å². The van der Waals surface area contributed by atoms with Gasteiger partial charge in [0.2, 0.25) is 0 Å². The standard InChI is InChI=1S/C69H40N6OS/c1-3-17-51-55-38-54-53-36-46(72(44-18-7-5-8-19-44)45-20-9-6-10-21-45)28-31-59(53)75(64(54)39-67(55)77-66(51)4-2)63-35-42(40-70)62(34-43(63)41-71)74-60-32-29-47(73-57-25-14-11-22-48(57)49-23-12-15-26-58(49)73)37-56(60)68-61(74)33-30-52-50-24-13-16-27-65(50)76-69(52)68/h2-3,5-39H,1H3/b17-3-. The molecule has 10 aromatic carbocycles. The van der Waals surface area contributed by atoms with E-state index in [1.54, 1.807) is 11.3 Å². The highest BCUT2D eigenvalue weighted by Crippen LogP contribution is 2.46. The van der Waals surface area contributed by atoms with Gasteiger partial charge >= 0.3 is 0 Å². The minimum Gasteiger partial charge on any atom is -0.455 e. The van der Waals surface area contributed by atoms with E-state index in [0.717, 1.165) is 120 Å². The van der Waals surface area contributed by atoms with Crippen molar-refractivity contribution in [1.82, 2.24) is 13.7 Å². The van der Waals surface area contributed by atoms with E-state index >= 15 is 0 Å². The summed E-state index contributed by atoms with van der Waals surface area (Å²) in [7, 11) is 0. The molecular weight excluding hydrogens is 961 g/mol. The molecule has 0 atom stereocenters. The second-order valence-corrected chi connectivity index (χ2v) is 20.4. The molecule has 8 heteroatoms. The van der Waals surface area contributed by atoms with Crippen LogP contribution in [0.3, 0.4) is 0 Å². The Kier molecular flexibility index (Phi) is 9.71. The molecule has 15 rings (SSSR count). The second-order valence-electron chi connectivity index (χ2n) is 19.3. The van der Waals surface area contributed by atoms with Crippen molar-refractivity contribution in [2.75, 3.05) is 4.90 Å². The highest BCUT2D eigenvalue weighted by atomic mass is 32.1. The molecule has 7 nitrogen and oxygen atoms in total. The third-order valence-corrected chi connectivity index (χ3v) is 16.4. The van der Waals surface area contributed by atoms with Crippen LogP contribution in [0.15, 0.2) is 217 Å². The number of nitrogens with zero attached hydrogens (tertiary/aromatic N) is 6. The van der Waals surface area contributed by atoms with Gasteiger partial charge in [0.25, 0.3) is 0 Å². The topological polar surface area (TPSA) is 78.8 Å². The van der Waals surface area contributed by atoms with Crippen molar-refractivity contribution in [2.45, 2.75) is 6.92 Å². The summed E-state index contributed by atoms with van der Waals surface area (Å²) in [6.45, 7) is 2.01. The van der Waals surface area contributed by atoms with Gasteiger partial charge in [-0.15, -0.1) is 17.8 Å². The van der Waals surface area contributed by atoms with Gasteiger partial charge in [-0.25, -0.2) is 0 Å². The first-order chi connectivity index (χ1) is 38.0. The summed E-state index contributed by atoms with van der Waals surface area (Å²) in [5.74, 6) is 2.94. The van der Waals surface area contributed by atoms with E-state index in [9.17, 15) is 10.5 Å². The van der Waals surface area contributed by atoms with Crippen LogP contribution in [0.2, 0.25) is 0 Å². The maximum absolute atomic E-state index is 11.5. The number of terminal acetylenes is 1. The lowest BCUT2D eigenvalue weighted by Crippen LogP contribution is -2.09. The molecule has 0 aliphatic heterocycles. The Labute approximate surface area is 445 Å². The van der Waals surface area contributed by atoms with Crippen LogP contribution in [0.25, 0.3) is 121 Å². The summed E-state index contributed by atoms with van der Waals surface area (Å²) >= 11 is 1.58. The van der Waals surface area contributed by atoms with E-state index in [-0.39, 0.29) is 0 Å². The number of nitriles is 2. The Bertz CT molecular complexity index is 5070. The smallest absolute Gasteiger partial charge is 0.145 e. The fourth-order valence-electron chi connectivity index (χ4n) is 12.1. The Morgan fingerprint density at radius 1 is 0.481 bits per heavy atom. The first kappa shape index (κ1) is 44.0. The minimum absolute atomic E-state index is 0.405. The van der Waals surface area contributed by atoms with Crippen molar-refractivity contribution in [1.29, 1.82) is 10.5 Å².